The lowest BCUT2D eigenvalue weighted by atomic mass is 10.0. The lowest BCUT2D eigenvalue weighted by Gasteiger charge is -2.04. The molecule has 0 aliphatic heterocycles. The molecule has 2 aromatic carbocycles. The molecule has 0 amide bonds. The Morgan fingerprint density at radius 3 is 2.64 bits per heavy atom. The van der Waals surface area contributed by atoms with Crippen molar-refractivity contribution in [2.24, 2.45) is 0 Å². The van der Waals surface area contributed by atoms with Crippen LogP contribution in [0.15, 0.2) is 56.4 Å². The molecule has 2 heterocycles. The fourth-order valence-corrected chi connectivity index (χ4v) is 3.41. The molecule has 0 atom stereocenters. The number of aryl methyl sites for hydroxylation is 1. The van der Waals surface area contributed by atoms with Crippen molar-refractivity contribution in [3.8, 4) is 22.6 Å². The van der Waals surface area contributed by atoms with Crippen LogP contribution in [0.2, 0.25) is 0 Å². The smallest absolute Gasteiger partial charge is 0.247 e. The van der Waals surface area contributed by atoms with Gasteiger partial charge in [0.05, 0.1) is 6.26 Å². The quantitative estimate of drug-likeness (QED) is 0.439. The molecule has 6 heteroatoms. The average Bonchev–Trinajstić information content (AvgIpc) is 3.22. The topological polar surface area (TPSA) is 52.1 Å². The van der Waals surface area contributed by atoms with Crippen molar-refractivity contribution >= 4 is 22.7 Å². The highest BCUT2D eigenvalue weighted by atomic mass is 32.2. The molecule has 0 saturated carbocycles. The second kappa shape index (κ2) is 6.37. The number of hydrogen-bond donors (Lipinski definition) is 0. The molecular formula is C19H15FN2O2S. The van der Waals surface area contributed by atoms with E-state index in [4.69, 9.17) is 8.83 Å². The van der Waals surface area contributed by atoms with Crippen LogP contribution in [0.25, 0.3) is 33.6 Å². The standard InChI is InChI=1S/C19H15FN2O2S/c1-3-25-18-7-5-12(9-16(18)20)15-10-23-17-6-4-13(8-14(15)17)19-22-21-11(2)24-19/h4-10H,3H2,1-2H3. The predicted molar refractivity (Wildman–Crippen MR) is 96.0 cm³/mol. The van der Waals surface area contributed by atoms with E-state index in [1.165, 1.54) is 11.8 Å². The van der Waals surface area contributed by atoms with Crippen LogP contribution in [-0.4, -0.2) is 16.0 Å². The van der Waals surface area contributed by atoms with Crippen LogP contribution in [0, 0.1) is 12.7 Å². The molecule has 0 aliphatic rings. The molecule has 0 unspecified atom stereocenters. The number of nitrogens with zero attached hydrogens (tertiary/aromatic N) is 2. The van der Waals surface area contributed by atoms with E-state index in [0.29, 0.717) is 16.7 Å². The van der Waals surface area contributed by atoms with E-state index in [1.54, 1.807) is 19.3 Å². The van der Waals surface area contributed by atoms with Gasteiger partial charge in [0.1, 0.15) is 11.4 Å². The van der Waals surface area contributed by atoms with Gasteiger partial charge in [-0.05, 0) is 41.6 Å². The lowest BCUT2D eigenvalue weighted by Crippen LogP contribution is -1.84. The number of hydrogen-bond acceptors (Lipinski definition) is 5. The summed E-state index contributed by atoms with van der Waals surface area (Å²) in [4.78, 5) is 0.654. The van der Waals surface area contributed by atoms with Crippen molar-refractivity contribution in [2.75, 3.05) is 5.75 Å². The van der Waals surface area contributed by atoms with Gasteiger partial charge in [0.25, 0.3) is 0 Å². The van der Waals surface area contributed by atoms with E-state index in [9.17, 15) is 4.39 Å². The Hall–Kier alpha value is -2.60. The van der Waals surface area contributed by atoms with E-state index >= 15 is 0 Å². The second-order valence-corrected chi connectivity index (χ2v) is 6.87. The van der Waals surface area contributed by atoms with Crippen molar-refractivity contribution < 1.29 is 13.2 Å². The van der Waals surface area contributed by atoms with Gasteiger partial charge in [-0.15, -0.1) is 22.0 Å². The fraction of sp³-hybridized carbons (Fsp3) is 0.158. The van der Waals surface area contributed by atoms with E-state index in [2.05, 4.69) is 10.2 Å². The van der Waals surface area contributed by atoms with Gasteiger partial charge in [0, 0.05) is 28.3 Å². The zero-order valence-corrected chi connectivity index (χ0v) is 14.6. The Kier molecular flexibility index (Phi) is 4.05. The van der Waals surface area contributed by atoms with Gasteiger partial charge in [-0.25, -0.2) is 4.39 Å². The van der Waals surface area contributed by atoms with Crippen LogP contribution in [0.5, 0.6) is 0 Å². The van der Waals surface area contributed by atoms with E-state index < -0.39 is 0 Å². The molecule has 0 radical (unpaired) electrons. The molecule has 4 aromatic rings. The third-order valence-corrected chi connectivity index (χ3v) is 4.82. The summed E-state index contributed by atoms with van der Waals surface area (Å²) in [6, 6.07) is 10.9. The maximum atomic E-state index is 14.3. The molecule has 0 aliphatic carbocycles. The number of halogens is 1. The number of benzene rings is 2. The van der Waals surface area contributed by atoms with Gasteiger partial charge in [0.15, 0.2) is 0 Å². The van der Waals surface area contributed by atoms with Crippen LogP contribution >= 0.6 is 11.8 Å². The number of rotatable bonds is 4. The molecule has 2 aromatic heterocycles. The van der Waals surface area contributed by atoms with E-state index in [-0.39, 0.29) is 5.82 Å². The van der Waals surface area contributed by atoms with Gasteiger partial charge in [-0.3, -0.25) is 0 Å². The Labute approximate surface area is 148 Å². The first-order valence-electron chi connectivity index (χ1n) is 7.90. The number of fused-ring (bicyclic) bond motifs is 1. The summed E-state index contributed by atoms with van der Waals surface area (Å²) in [5.41, 5.74) is 3.13. The molecule has 126 valence electrons. The third-order valence-electron chi connectivity index (χ3n) is 3.89. The first-order valence-corrected chi connectivity index (χ1v) is 8.88. The summed E-state index contributed by atoms with van der Waals surface area (Å²) in [7, 11) is 0. The summed E-state index contributed by atoms with van der Waals surface area (Å²) in [6.45, 7) is 3.75. The summed E-state index contributed by atoms with van der Waals surface area (Å²) >= 11 is 1.49. The number of thioether (sulfide) groups is 1. The summed E-state index contributed by atoms with van der Waals surface area (Å²) in [5, 5.41) is 8.78. The molecule has 0 spiro atoms. The zero-order valence-electron chi connectivity index (χ0n) is 13.7. The number of aromatic nitrogens is 2. The van der Waals surface area contributed by atoms with E-state index in [0.717, 1.165) is 33.4 Å². The Morgan fingerprint density at radius 1 is 1.08 bits per heavy atom. The van der Waals surface area contributed by atoms with Crippen molar-refractivity contribution in [1.82, 2.24) is 10.2 Å². The van der Waals surface area contributed by atoms with Crippen LogP contribution in [0.3, 0.4) is 0 Å². The van der Waals surface area contributed by atoms with E-state index in [1.807, 2.05) is 37.3 Å². The minimum absolute atomic E-state index is 0.220. The molecule has 0 saturated heterocycles. The van der Waals surface area contributed by atoms with Crippen molar-refractivity contribution in [3.63, 3.8) is 0 Å². The first kappa shape index (κ1) is 15.9. The van der Waals surface area contributed by atoms with Crippen LogP contribution in [0.4, 0.5) is 4.39 Å². The van der Waals surface area contributed by atoms with Gasteiger partial charge >= 0.3 is 0 Å². The molecule has 0 bridgehead atoms. The molecule has 0 fully saturated rings. The first-order chi connectivity index (χ1) is 12.2. The van der Waals surface area contributed by atoms with Crippen molar-refractivity contribution in [1.29, 1.82) is 0 Å². The Balaban J connectivity index is 1.81. The number of furan rings is 1. The largest absolute Gasteiger partial charge is 0.464 e. The Morgan fingerprint density at radius 2 is 1.92 bits per heavy atom. The predicted octanol–water partition coefficient (Wildman–Crippen LogP) is 5.71. The molecule has 4 nitrogen and oxygen atoms in total. The van der Waals surface area contributed by atoms with Crippen LogP contribution in [-0.2, 0) is 0 Å². The fourth-order valence-electron chi connectivity index (χ4n) is 2.74. The SMILES string of the molecule is CCSc1ccc(-c2coc3ccc(-c4nnc(C)o4)cc23)cc1F. The molecular weight excluding hydrogens is 339 g/mol. The van der Waals surface area contributed by atoms with Gasteiger partial charge < -0.3 is 8.83 Å². The normalized spacial score (nSPS) is 11.3. The molecule has 25 heavy (non-hydrogen) atoms. The van der Waals surface area contributed by atoms with Crippen LogP contribution < -0.4 is 0 Å². The third kappa shape index (κ3) is 2.93. The summed E-state index contributed by atoms with van der Waals surface area (Å²) < 4.78 is 25.4. The Bertz CT molecular complexity index is 1050. The zero-order chi connectivity index (χ0) is 17.4. The average molecular weight is 354 g/mol. The highest BCUT2D eigenvalue weighted by Crippen LogP contribution is 2.35. The highest BCUT2D eigenvalue weighted by molar-refractivity contribution is 7.99. The maximum Gasteiger partial charge on any atom is 0.247 e. The van der Waals surface area contributed by atoms with Crippen molar-refractivity contribution in [3.05, 3.63) is 54.4 Å². The minimum atomic E-state index is -0.220. The van der Waals surface area contributed by atoms with Gasteiger partial charge in [-0.2, -0.15) is 0 Å². The second-order valence-electron chi connectivity index (χ2n) is 5.56. The van der Waals surface area contributed by atoms with Gasteiger partial charge in [0.2, 0.25) is 11.8 Å². The lowest BCUT2D eigenvalue weighted by molar-refractivity contribution is 0.533. The van der Waals surface area contributed by atoms with Crippen molar-refractivity contribution in [2.45, 2.75) is 18.7 Å². The maximum absolute atomic E-state index is 14.3. The van der Waals surface area contributed by atoms with Gasteiger partial charge in [-0.1, -0.05) is 13.0 Å². The monoisotopic (exact) mass is 354 g/mol. The summed E-state index contributed by atoms with van der Waals surface area (Å²) in [6.07, 6.45) is 1.65. The molecule has 0 N–H and O–H groups in total. The molecule has 4 rings (SSSR count). The van der Waals surface area contributed by atoms with Crippen LogP contribution in [0.1, 0.15) is 12.8 Å². The summed E-state index contributed by atoms with van der Waals surface area (Å²) in [5.74, 6) is 1.57. The minimum Gasteiger partial charge on any atom is -0.464 e. The highest BCUT2D eigenvalue weighted by Gasteiger charge is 2.14.